The molecule has 3 unspecified atom stereocenters. The van der Waals surface area contributed by atoms with E-state index in [1.54, 1.807) is 0 Å². The van der Waals surface area contributed by atoms with Crippen molar-refractivity contribution in [2.75, 3.05) is 6.61 Å². The molecule has 3 aromatic rings. The summed E-state index contributed by atoms with van der Waals surface area (Å²) in [6, 6.07) is 28.8. The van der Waals surface area contributed by atoms with Crippen molar-refractivity contribution in [1.82, 2.24) is 0 Å². The molecule has 1 saturated heterocycles. The second-order valence-electron chi connectivity index (χ2n) is 9.58. The van der Waals surface area contributed by atoms with E-state index in [1.165, 1.54) is 6.92 Å². The van der Waals surface area contributed by atoms with Crippen LogP contribution in [0.1, 0.15) is 23.6 Å². The summed E-state index contributed by atoms with van der Waals surface area (Å²) < 4.78 is 34.2. The molecule has 8 nitrogen and oxygen atoms in total. The minimum absolute atomic E-state index is 0.0628. The summed E-state index contributed by atoms with van der Waals surface area (Å²) >= 11 is 17.7. The van der Waals surface area contributed by atoms with Crippen molar-refractivity contribution in [3.63, 3.8) is 0 Å². The van der Waals surface area contributed by atoms with Gasteiger partial charge in [-0.25, -0.2) is 0 Å². The standard InChI is InChI=1S/C31H32Cl3NO7/c1-21(36)40-28-27(39-19-24-15-9-4-10-16-24)26(38-18-23-13-7-3-8-14-23)25(20-37-17-22-11-5-2-6-12-22)41-29(28)42-30(35)31(32,33)34/h2-16,25-29,35H,17-20H2,1H3/t25?,26-,27?,28?,29-/m1/s1. The number of carbonyl (C=O) groups excluding carboxylic acids is 1. The van der Waals surface area contributed by atoms with E-state index < -0.39 is 46.4 Å². The predicted molar refractivity (Wildman–Crippen MR) is 159 cm³/mol. The van der Waals surface area contributed by atoms with Crippen LogP contribution in [0.3, 0.4) is 0 Å². The second kappa shape index (κ2) is 15.7. The number of halogens is 3. The third-order valence-corrected chi connectivity index (χ3v) is 6.86. The summed E-state index contributed by atoms with van der Waals surface area (Å²) in [4.78, 5) is 12.3. The third kappa shape index (κ3) is 9.67. The van der Waals surface area contributed by atoms with Crippen molar-refractivity contribution in [2.45, 2.75) is 61.2 Å². The van der Waals surface area contributed by atoms with E-state index in [2.05, 4.69) is 0 Å². The molecule has 1 heterocycles. The van der Waals surface area contributed by atoms with E-state index >= 15 is 0 Å². The van der Waals surface area contributed by atoms with Gasteiger partial charge in [-0.2, -0.15) is 0 Å². The summed E-state index contributed by atoms with van der Waals surface area (Å²) in [6.45, 7) is 2.01. The van der Waals surface area contributed by atoms with Crippen LogP contribution in [0.25, 0.3) is 0 Å². The zero-order valence-corrected chi connectivity index (χ0v) is 25.1. The molecule has 3 aromatic carbocycles. The highest BCUT2D eigenvalue weighted by Crippen LogP contribution is 2.34. The molecule has 0 bridgehead atoms. The maximum atomic E-state index is 12.3. The monoisotopic (exact) mass is 635 g/mol. The van der Waals surface area contributed by atoms with Crippen LogP contribution in [0.4, 0.5) is 0 Å². The first-order valence-electron chi connectivity index (χ1n) is 13.3. The van der Waals surface area contributed by atoms with Gasteiger partial charge in [0.25, 0.3) is 3.79 Å². The molecule has 0 radical (unpaired) electrons. The molecule has 1 N–H and O–H groups in total. The van der Waals surface area contributed by atoms with Crippen molar-refractivity contribution in [2.24, 2.45) is 0 Å². The highest BCUT2D eigenvalue weighted by molar-refractivity contribution is 6.76. The van der Waals surface area contributed by atoms with E-state index in [1.807, 2.05) is 91.0 Å². The van der Waals surface area contributed by atoms with Crippen molar-refractivity contribution in [1.29, 1.82) is 5.41 Å². The van der Waals surface area contributed by atoms with Crippen LogP contribution >= 0.6 is 34.8 Å². The SMILES string of the molecule is CC(=O)OC1C(OCc2ccccc2)[C@H](OCc2ccccc2)C(COCc2ccccc2)O[C@@H]1OC(=N)C(Cl)(Cl)Cl. The Hall–Kier alpha value is -2.69. The summed E-state index contributed by atoms with van der Waals surface area (Å²) in [5.41, 5.74) is 2.77. The zero-order chi connectivity index (χ0) is 30.0. The molecule has 5 atom stereocenters. The van der Waals surface area contributed by atoms with E-state index in [0.717, 1.165) is 16.7 Å². The van der Waals surface area contributed by atoms with Crippen LogP contribution < -0.4 is 0 Å². The lowest BCUT2D eigenvalue weighted by Crippen LogP contribution is -2.62. The summed E-state index contributed by atoms with van der Waals surface area (Å²) in [5, 5.41) is 8.17. The number of hydrogen-bond donors (Lipinski definition) is 1. The number of benzene rings is 3. The summed E-state index contributed by atoms with van der Waals surface area (Å²) in [7, 11) is 0. The molecule has 42 heavy (non-hydrogen) atoms. The fraction of sp³-hybridized carbons (Fsp3) is 0.355. The van der Waals surface area contributed by atoms with E-state index in [-0.39, 0.29) is 19.8 Å². The Labute approximate surface area is 260 Å². The number of alkyl halides is 3. The lowest BCUT2D eigenvalue weighted by Gasteiger charge is -2.45. The highest BCUT2D eigenvalue weighted by atomic mass is 35.6. The largest absolute Gasteiger partial charge is 0.453 e. The third-order valence-electron chi connectivity index (χ3n) is 6.35. The topological polar surface area (TPSA) is 96.3 Å². The number of rotatable bonds is 12. The number of carbonyl (C=O) groups is 1. The van der Waals surface area contributed by atoms with Crippen LogP contribution in [-0.4, -0.2) is 53.0 Å². The molecule has 1 fully saturated rings. The van der Waals surface area contributed by atoms with Crippen LogP contribution in [-0.2, 0) is 53.0 Å². The van der Waals surface area contributed by atoms with Crippen molar-refractivity contribution in [3.8, 4) is 0 Å². The van der Waals surface area contributed by atoms with Crippen LogP contribution in [0, 0.1) is 5.41 Å². The quantitative estimate of drug-likeness (QED) is 0.106. The Morgan fingerprint density at radius 3 is 1.69 bits per heavy atom. The van der Waals surface area contributed by atoms with Gasteiger partial charge in [0, 0.05) is 6.92 Å². The highest BCUT2D eigenvalue weighted by Gasteiger charge is 2.52. The van der Waals surface area contributed by atoms with Crippen LogP contribution in [0.5, 0.6) is 0 Å². The van der Waals surface area contributed by atoms with Gasteiger partial charge in [-0.15, -0.1) is 0 Å². The Kier molecular flexibility index (Phi) is 12.0. The van der Waals surface area contributed by atoms with Gasteiger partial charge in [-0.1, -0.05) is 126 Å². The van der Waals surface area contributed by atoms with Gasteiger partial charge in [0.2, 0.25) is 12.2 Å². The minimum atomic E-state index is -2.18. The Morgan fingerprint density at radius 1 is 0.738 bits per heavy atom. The molecule has 4 rings (SSSR count). The average molecular weight is 637 g/mol. The molecule has 224 valence electrons. The molecule has 0 amide bonds. The molecular formula is C31H32Cl3NO7. The molecule has 11 heteroatoms. The first kappa shape index (κ1) is 32.2. The number of ether oxygens (including phenoxy) is 6. The van der Waals surface area contributed by atoms with E-state index in [4.69, 9.17) is 68.6 Å². The molecule has 0 aromatic heterocycles. The molecular weight excluding hydrogens is 605 g/mol. The lowest BCUT2D eigenvalue weighted by molar-refractivity contribution is -0.305. The maximum Gasteiger partial charge on any atom is 0.303 e. The molecule has 0 saturated carbocycles. The van der Waals surface area contributed by atoms with Gasteiger partial charge in [-0.05, 0) is 16.7 Å². The fourth-order valence-corrected chi connectivity index (χ4v) is 4.53. The smallest absolute Gasteiger partial charge is 0.303 e. The average Bonchev–Trinajstić information content (AvgIpc) is 2.97. The Morgan fingerprint density at radius 2 is 1.21 bits per heavy atom. The van der Waals surface area contributed by atoms with Crippen molar-refractivity contribution >= 4 is 46.7 Å². The van der Waals surface area contributed by atoms with E-state index in [0.29, 0.717) is 6.61 Å². The van der Waals surface area contributed by atoms with Gasteiger partial charge < -0.3 is 28.4 Å². The van der Waals surface area contributed by atoms with Crippen LogP contribution in [0.2, 0.25) is 0 Å². The van der Waals surface area contributed by atoms with Crippen molar-refractivity contribution < 1.29 is 33.2 Å². The van der Waals surface area contributed by atoms with Gasteiger partial charge in [0.1, 0.15) is 18.3 Å². The first-order chi connectivity index (χ1) is 20.2. The summed E-state index contributed by atoms with van der Waals surface area (Å²) in [6.07, 6.45) is -5.01. The van der Waals surface area contributed by atoms with Gasteiger partial charge in [-0.3, -0.25) is 10.2 Å². The Bertz CT molecular complexity index is 1260. The van der Waals surface area contributed by atoms with Crippen molar-refractivity contribution in [3.05, 3.63) is 108 Å². The maximum absolute atomic E-state index is 12.3. The minimum Gasteiger partial charge on any atom is -0.453 e. The molecule has 0 aliphatic carbocycles. The number of nitrogens with one attached hydrogen (secondary N) is 1. The Balaban J connectivity index is 1.64. The van der Waals surface area contributed by atoms with Gasteiger partial charge in [0.05, 0.1) is 26.4 Å². The number of hydrogen-bond acceptors (Lipinski definition) is 8. The molecule has 1 aliphatic rings. The fourth-order valence-electron chi connectivity index (χ4n) is 4.40. The van der Waals surface area contributed by atoms with Crippen LogP contribution in [0.15, 0.2) is 91.0 Å². The zero-order valence-electron chi connectivity index (χ0n) is 22.9. The molecule has 1 aliphatic heterocycles. The molecule has 0 spiro atoms. The summed E-state index contributed by atoms with van der Waals surface area (Å²) in [5.74, 6) is -1.32. The second-order valence-corrected chi connectivity index (χ2v) is 11.9. The van der Waals surface area contributed by atoms with E-state index in [9.17, 15) is 4.79 Å². The lowest BCUT2D eigenvalue weighted by atomic mass is 9.98. The normalized spacial score (nSPS) is 22.3. The number of esters is 1. The first-order valence-corrected chi connectivity index (χ1v) is 14.4. The van der Waals surface area contributed by atoms with Gasteiger partial charge >= 0.3 is 5.97 Å². The predicted octanol–water partition coefficient (Wildman–Crippen LogP) is 6.39. The van der Waals surface area contributed by atoms with Gasteiger partial charge in [0.15, 0.2) is 6.10 Å².